The van der Waals surface area contributed by atoms with E-state index in [-0.39, 0.29) is 5.97 Å². The fourth-order valence-electron chi connectivity index (χ4n) is 3.14. The van der Waals surface area contributed by atoms with Crippen molar-refractivity contribution >= 4 is 5.97 Å². The van der Waals surface area contributed by atoms with E-state index in [1.165, 1.54) is 0 Å². The average molecular weight is 354 g/mol. The Bertz CT molecular complexity index is 692. The lowest BCUT2D eigenvalue weighted by Crippen LogP contribution is -2.31. The van der Waals surface area contributed by atoms with E-state index in [2.05, 4.69) is 6.07 Å². The largest absolute Gasteiger partial charge is 0.466 e. The standard InChI is InChI=1S/C22H26O4/c1-2-24-22(23)12-11-17-13-21(14-17)25-16-18-7-6-10-20(15-18)26-19-8-4-3-5-9-19/h3-10,15,17,21H,2,11-14,16H2,1H3. The van der Waals surface area contributed by atoms with Crippen molar-refractivity contribution in [3.63, 3.8) is 0 Å². The van der Waals surface area contributed by atoms with E-state index in [1.807, 2.05) is 55.5 Å². The number of carbonyl (C=O) groups is 1. The molecule has 1 fully saturated rings. The molecule has 0 saturated heterocycles. The Kier molecular flexibility index (Phi) is 6.67. The summed E-state index contributed by atoms with van der Waals surface area (Å²) >= 11 is 0. The fourth-order valence-corrected chi connectivity index (χ4v) is 3.14. The van der Waals surface area contributed by atoms with Crippen LogP contribution in [0.25, 0.3) is 0 Å². The van der Waals surface area contributed by atoms with Crippen molar-refractivity contribution in [1.29, 1.82) is 0 Å². The maximum Gasteiger partial charge on any atom is 0.305 e. The van der Waals surface area contributed by atoms with Crippen LogP contribution in [0, 0.1) is 5.92 Å². The minimum Gasteiger partial charge on any atom is -0.466 e. The summed E-state index contributed by atoms with van der Waals surface area (Å²) in [4.78, 5) is 11.4. The topological polar surface area (TPSA) is 44.8 Å². The molecule has 0 spiro atoms. The van der Waals surface area contributed by atoms with Crippen LogP contribution in [0.2, 0.25) is 0 Å². The average Bonchev–Trinajstić information content (AvgIpc) is 2.61. The number of benzene rings is 2. The Hall–Kier alpha value is -2.33. The summed E-state index contributed by atoms with van der Waals surface area (Å²) in [6.45, 7) is 2.88. The van der Waals surface area contributed by atoms with Crippen molar-refractivity contribution in [2.24, 2.45) is 5.92 Å². The highest BCUT2D eigenvalue weighted by molar-refractivity contribution is 5.69. The summed E-state index contributed by atoms with van der Waals surface area (Å²) in [5, 5.41) is 0. The highest BCUT2D eigenvalue weighted by atomic mass is 16.5. The Morgan fingerprint density at radius 2 is 1.81 bits per heavy atom. The van der Waals surface area contributed by atoms with Crippen molar-refractivity contribution in [2.45, 2.75) is 45.3 Å². The number of carbonyl (C=O) groups excluding carboxylic acids is 1. The first-order valence-electron chi connectivity index (χ1n) is 9.32. The molecule has 0 bridgehead atoms. The molecular formula is C22H26O4. The van der Waals surface area contributed by atoms with Gasteiger partial charge in [-0.25, -0.2) is 0 Å². The van der Waals surface area contributed by atoms with Crippen molar-refractivity contribution in [2.75, 3.05) is 6.61 Å². The molecule has 0 aromatic heterocycles. The summed E-state index contributed by atoms with van der Waals surface area (Å²) < 4.78 is 16.8. The van der Waals surface area contributed by atoms with E-state index in [4.69, 9.17) is 14.2 Å². The molecule has 0 radical (unpaired) electrons. The van der Waals surface area contributed by atoms with Gasteiger partial charge in [0.05, 0.1) is 19.3 Å². The normalized spacial score (nSPS) is 18.8. The highest BCUT2D eigenvalue weighted by Gasteiger charge is 2.30. The van der Waals surface area contributed by atoms with Gasteiger partial charge in [-0.1, -0.05) is 30.3 Å². The summed E-state index contributed by atoms with van der Waals surface area (Å²) in [7, 11) is 0. The number of rotatable bonds is 9. The van der Waals surface area contributed by atoms with Crippen LogP contribution in [0.15, 0.2) is 54.6 Å². The smallest absolute Gasteiger partial charge is 0.305 e. The van der Waals surface area contributed by atoms with Crippen LogP contribution >= 0.6 is 0 Å². The number of hydrogen-bond donors (Lipinski definition) is 0. The van der Waals surface area contributed by atoms with E-state index < -0.39 is 0 Å². The lowest BCUT2D eigenvalue weighted by Gasteiger charge is -2.35. The van der Waals surface area contributed by atoms with Crippen molar-refractivity contribution in [3.05, 3.63) is 60.2 Å². The summed E-state index contributed by atoms with van der Waals surface area (Å²) in [6.07, 6.45) is 3.77. The van der Waals surface area contributed by atoms with Crippen LogP contribution < -0.4 is 4.74 Å². The summed E-state index contributed by atoms with van der Waals surface area (Å²) in [5.41, 5.74) is 1.11. The third kappa shape index (κ3) is 5.60. The maximum atomic E-state index is 11.4. The molecule has 2 aromatic rings. The molecule has 4 nitrogen and oxygen atoms in total. The predicted octanol–water partition coefficient (Wildman–Crippen LogP) is 5.12. The molecule has 0 N–H and O–H groups in total. The van der Waals surface area contributed by atoms with E-state index in [9.17, 15) is 4.79 Å². The van der Waals surface area contributed by atoms with Gasteiger partial charge in [0.25, 0.3) is 0 Å². The Morgan fingerprint density at radius 3 is 2.58 bits per heavy atom. The number of ether oxygens (including phenoxy) is 3. The van der Waals surface area contributed by atoms with E-state index in [0.717, 1.165) is 36.3 Å². The van der Waals surface area contributed by atoms with Gasteiger partial charge in [-0.05, 0) is 61.9 Å². The maximum absolute atomic E-state index is 11.4. The van der Waals surface area contributed by atoms with Crippen LogP contribution in [0.3, 0.4) is 0 Å². The van der Waals surface area contributed by atoms with Crippen LogP contribution in [-0.2, 0) is 20.9 Å². The van der Waals surface area contributed by atoms with Crippen molar-refractivity contribution in [1.82, 2.24) is 0 Å². The van der Waals surface area contributed by atoms with Gasteiger partial charge in [0.15, 0.2) is 0 Å². The minimum atomic E-state index is -0.0906. The highest BCUT2D eigenvalue weighted by Crippen LogP contribution is 2.34. The Balaban J connectivity index is 1.38. The molecule has 2 aromatic carbocycles. The molecule has 1 saturated carbocycles. The third-order valence-electron chi connectivity index (χ3n) is 4.62. The van der Waals surface area contributed by atoms with Crippen LogP contribution in [0.1, 0.15) is 38.2 Å². The first kappa shape index (κ1) is 18.5. The second kappa shape index (κ2) is 9.39. The monoisotopic (exact) mass is 354 g/mol. The molecule has 0 amide bonds. The molecule has 1 aliphatic rings. The molecule has 0 heterocycles. The van der Waals surface area contributed by atoms with Crippen molar-refractivity contribution < 1.29 is 19.0 Å². The van der Waals surface area contributed by atoms with Gasteiger partial charge in [0, 0.05) is 6.42 Å². The number of esters is 1. The molecule has 4 heteroatoms. The van der Waals surface area contributed by atoms with Crippen LogP contribution in [0.4, 0.5) is 0 Å². The molecular weight excluding hydrogens is 328 g/mol. The zero-order chi connectivity index (χ0) is 18.2. The minimum absolute atomic E-state index is 0.0906. The van der Waals surface area contributed by atoms with Gasteiger partial charge >= 0.3 is 5.97 Å². The zero-order valence-corrected chi connectivity index (χ0v) is 15.2. The van der Waals surface area contributed by atoms with Crippen LogP contribution in [0.5, 0.6) is 11.5 Å². The second-order valence-corrected chi connectivity index (χ2v) is 6.68. The lowest BCUT2D eigenvalue weighted by molar-refractivity contribution is -0.144. The zero-order valence-electron chi connectivity index (χ0n) is 15.2. The van der Waals surface area contributed by atoms with E-state index >= 15 is 0 Å². The fraction of sp³-hybridized carbons (Fsp3) is 0.409. The molecule has 1 aliphatic carbocycles. The molecule has 0 aliphatic heterocycles. The Morgan fingerprint density at radius 1 is 1.04 bits per heavy atom. The SMILES string of the molecule is CCOC(=O)CCC1CC(OCc2cccc(Oc3ccccc3)c2)C1. The van der Waals surface area contributed by atoms with Gasteiger partial charge in [-0.15, -0.1) is 0 Å². The number of hydrogen-bond acceptors (Lipinski definition) is 4. The van der Waals surface area contributed by atoms with E-state index in [0.29, 0.717) is 31.7 Å². The quantitative estimate of drug-likeness (QED) is 0.587. The third-order valence-corrected chi connectivity index (χ3v) is 4.62. The van der Waals surface area contributed by atoms with Gasteiger partial charge in [-0.2, -0.15) is 0 Å². The van der Waals surface area contributed by atoms with E-state index in [1.54, 1.807) is 0 Å². The molecule has 0 unspecified atom stereocenters. The number of para-hydroxylation sites is 1. The second-order valence-electron chi connectivity index (χ2n) is 6.68. The van der Waals surface area contributed by atoms with Gasteiger partial charge in [0.1, 0.15) is 11.5 Å². The molecule has 26 heavy (non-hydrogen) atoms. The summed E-state index contributed by atoms with van der Waals surface area (Å²) in [5.74, 6) is 2.14. The molecule has 0 atom stereocenters. The lowest BCUT2D eigenvalue weighted by atomic mass is 9.79. The molecule has 3 rings (SSSR count). The van der Waals surface area contributed by atoms with Crippen molar-refractivity contribution in [3.8, 4) is 11.5 Å². The van der Waals surface area contributed by atoms with Crippen LogP contribution in [-0.4, -0.2) is 18.7 Å². The molecule has 138 valence electrons. The Labute approximate surface area is 155 Å². The first-order chi connectivity index (χ1) is 12.7. The van der Waals surface area contributed by atoms with Gasteiger partial charge in [0.2, 0.25) is 0 Å². The first-order valence-corrected chi connectivity index (χ1v) is 9.32. The predicted molar refractivity (Wildman–Crippen MR) is 100 cm³/mol. The summed E-state index contributed by atoms with van der Waals surface area (Å²) in [6, 6.07) is 17.8. The van der Waals surface area contributed by atoms with Gasteiger partial charge < -0.3 is 14.2 Å². The van der Waals surface area contributed by atoms with Gasteiger partial charge in [-0.3, -0.25) is 4.79 Å².